The molecule has 1 amide bonds. The molecule has 2 aromatic carbocycles. The van der Waals surface area contributed by atoms with E-state index in [-0.39, 0.29) is 16.4 Å². The predicted molar refractivity (Wildman–Crippen MR) is 114 cm³/mol. The van der Waals surface area contributed by atoms with Crippen molar-refractivity contribution in [1.29, 1.82) is 0 Å². The lowest BCUT2D eigenvalue weighted by atomic mass is 10.1. The third-order valence-electron chi connectivity index (χ3n) is 5.28. The third kappa shape index (κ3) is 4.10. The molecule has 1 aliphatic rings. The SMILES string of the molecule is CCCCN(CC)C(=O)c1cc(S(=O)(=O)N2CCc3ccccc32)ccc1OC. The van der Waals surface area contributed by atoms with E-state index in [1.807, 2.05) is 31.2 Å². The zero-order valence-corrected chi connectivity index (χ0v) is 18.0. The maximum atomic E-state index is 13.3. The fourth-order valence-corrected chi connectivity index (χ4v) is 5.15. The smallest absolute Gasteiger partial charge is 0.264 e. The molecule has 2 aromatic rings. The molecule has 0 saturated heterocycles. The van der Waals surface area contributed by atoms with E-state index in [4.69, 9.17) is 4.74 Å². The first-order chi connectivity index (χ1) is 13.9. The summed E-state index contributed by atoms with van der Waals surface area (Å²) in [7, 11) is -2.29. The number of benzene rings is 2. The van der Waals surface area contributed by atoms with Crippen molar-refractivity contribution in [2.75, 3.05) is 31.0 Å². The largest absolute Gasteiger partial charge is 0.496 e. The highest BCUT2D eigenvalue weighted by atomic mass is 32.2. The van der Waals surface area contributed by atoms with Crippen LogP contribution in [0.3, 0.4) is 0 Å². The number of carbonyl (C=O) groups excluding carboxylic acids is 1. The number of unbranched alkanes of at least 4 members (excludes halogenated alkanes) is 1. The van der Waals surface area contributed by atoms with Gasteiger partial charge in [0.1, 0.15) is 5.75 Å². The summed E-state index contributed by atoms with van der Waals surface area (Å²) >= 11 is 0. The molecule has 0 atom stereocenters. The molecule has 1 aliphatic heterocycles. The van der Waals surface area contributed by atoms with Crippen LogP contribution in [-0.2, 0) is 16.4 Å². The zero-order valence-electron chi connectivity index (χ0n) is 17.2. The summed E-state index contributed by atoms with van der Waals surface area (Å²) in [5.41, 5.74) is 1.99. The van der Waals surface area contributed by atoms with Gasteiger partial charge in [0, 0.05) is 19.6 Å². The van der Waals surface area contributed by atoms with Gasteiger partial charge < -0.3 is 9.64 Å². The van der Waals surface area contributed by atoms with Crippen LogP contribution in [0.5, 0.6) is 5.75 Å². The van der Waals surface area contributed by atoms with Gasteiger partial charge in [0.2, 0.25) is 0 Å². The van der Waals surface area contributed by atoms with Crippen LogP contribution in [0, 0.1) is 0 Å². The van der Waals surface area contributed by atoms with E-state index in [2.05, 4.69) is 6.92 Å². The van der Waals surface area contributed by atoms with E-state index in [1.54, 1.807) is 11.0 Å². The number of hydrogen-bond donors (Lipinski definition) is 0. The normalized spacial score (nSPS) is 13.3. The van der Waals surface area contributed by atoms with E-state index < -0.39 is 10.0 Å². The molecule has 0 spiro atoms. The van der Waals surface area contributed by atoms with Gasteiger partial charge in [-0.3, -0.25) is 9.10 Å². The number of ether oxygens (including phenoxy) is 1. The number of nitrogens with zero attached hydrogens (tertiary/aromatic N) is 2. The van der Waals surface area contributed by atoms with Gasteiger partial charge in [0.15, 0.2) is 0 Å². The first-order valence-corrected chi connectivity index (χ1v) is 11.5. The zero-order chi connectivity index (χ0) is 21.0. The highest BCUT2D eigenvalue weighted by Gasteiger charge is 2.32. The second-order valence-electron chi connectivity index (χ2n) is 7.06. The summed E-state index contributed by atoms with van der Waals surface area (Å²) in [6, 6.07) is 12.0. The lowest BCUT2D eigenvalue weighted by Crippen LogP contribution is -2.33. The lowest BCUT2D eigenvalue weighted by molar-refractivity contribution is 0.0758. The molecule has 156 valence electrons. The van der Waals surface area contributed by atoms with Crippen LogP contribution in [0.25, 0.3) is 0 Å². The summed E-state index contributed by atoms with van der Waals surface area (Å²) in [4.78, 5) is 14.9. The lowest BCUT2D eigenvalue weighted by Gasteiger charge is -2.23. The van der Waals surface area contributed by atoms with Crippen LogP contribution in [0.1, 0.15) is 42.6 Å². The summed E-state index contributed by atoms with van der Waals surface area (Å²) in [5, 5.41) is 0. The number of rotatable bonds is 8. The second-order valence-corrected chi connectivity index (χ2v) is 8.92. The van der Waals surface area contributed by atoms with Crippen molar-refractivity contribution in [2.24, 2.45) is 0 Å². The molecule has 0 aromatic heterocycles. The Kier molecular flexibility index (Phi) is 6.47. The third-order valence-corrected chi connectivity index (χ3v) is 7.09. The van der Waals surface area contributed by atoms with Crippen molar-refractivity contribution in [3.63, 3.8) is 0 Å². The maximum Gasteiger partial charge on any atom is 0.264 e. The monoisotopic (exact) mass is 416 g/mol. The number of carbonyl (C=O) groups is 1. The topological polar surface area (TPSA) is 66.9 Å². The van der Waals surface area contributed by atoms with E-state index in [9.17, 15) is 13.2 Å². The Morgan fingerprint density at radius 2 is 1.93 bits per heavy atom. The Bertz CT molecular complexity index is 988. The van der Waals surface area contributed by atoms with E-state index in [0.29, 0.717) is 37.5 Å². The van der Waals surface area contributed by atoms with Crippen molar-refractivity contribution in [2.45, 2.75) is 38.0 Å². The molecule has 7 heteroatoms. The molecule has 0 unspecified atom stereocenters. The number of methoxy groups -OCH3 is 1. The van der Waals surface area contributed by atoms with Gasteiger partial charge in [-0.05, 0) is 49.6 Å². The Morgan fingerprint density at radius 3 is 2.62 bits per heavy atom. The van der Waals surface area contributed by atoms with E-state index in [0.717, 1.165) is 18.4 Å². The molecule has 0 aliphatic carbocycles. The average Bonchev–Trinajstić information content (AvgIpc) is 3.18. The molecule has 0 N–H and O–H groups in total. The van der Waals surface area contributed by atoms with Gasteiger partial charge in [-0.1, -0.05) is 31.5 Å². The number of anilines is 1. The van der Waals surface area contributed by atoms with E-state index >= 15 is 0 Å². The first-order valence-electron chi connectivity index (χ1n) is 10.0. The Labute approximate surface area is 173 Å². The fourth-order valence-electron chi connectivity index (χ4n) is 3.62. The van der Waals surface area contributed by atoms with Crippen LogP contribution in [-0.4, -0.2) is 46.0 Å². The second kappa shape index (κ2) is 8.86. The van der Waals surface area contributed by atoms with Crippen molar-refractivity contribution < 1.29 is 17.9 Å². The van der Waals surface area contributed by atoms with Gasteiger partial charge in [-0.15, -0.1) is 0 Å². The molecule has 0 radical (unpaired) electrons. The van der Waals surface area contributed by atoms with Crippen LogP contribution in [0.2, 0.25) is 0 Å². The van der Waals surface area contributed by atoms with Crippen LogP contribution in [0.15, 0.2) is 47.4 Å². The van der Waals surface area contributed by atoms with Crippen molar-refractivity contribution in [1.82, 2.24) is 4.90 Å². The van der Waals surface area contributed by atoms with Gasteiger partial charge in [0.05, 0.1) is 23.3 Å². The summed E-state index contributed by atoms with van der Waals surface area (Å²) in [5.74, 6) is 0.169. The molecular weight excluding hydrogens is 388 g/mol. The maximum absolute atomic E-state index is 13.3. The van der Waals surface area contributed by atoms with Gasteiger partial charge in [-0.25, -0.2) is 8.42 Å². The summed E-state index contributed by atoms with van der Waals surface area (Å²) < 4.78 is 33.5. The fraction of sp³-hybridized carbons (Fsp3) is 0.409. The van der Waals surface area contributed by atoms with Gasteiger partial charge in [-0.2, -0.15) is 0 Å². The molecule has 6 nitrogen and oxygen atoms in total. The highest BCUT2D eigenvalue weighted by molar-refractivity contribution is 7.92. The van der Waals surface area contributed by atoms with Gasteiger partial charge in [0.25, 0.3) is 15.9 Å². The molecule has 3 rings (SSSR count). The number of sulfonamides is 1. The van der Waals surface area contributed by atoms with Crippen LogP contribution >= 0.6 is 0 Å². The molecule has 0 fully saturated rings. The molecule has 0 bridgehead atoms. The summed E-state index contributed by atoms with van der Waals surface area (Å²) in [6.07, 6.45) is 2.55. The minimum atomic E-state index is -3.78. The molecule has 1 heterocycles. The number of para-hydroxylation sites is 1. The van der Waals surface area contributed by atoms with Crippen molar-refractivity contribution in [3.05, 3.63) is 53.6 Å². The van der Waals surface area contributed by atoms with Crippen molar-refractivity contribution in [3.8, 4) is 5.75 Å². The standard InChI is InChI=1S/C22H28N2O4S/c1-4-6-14-23(5-2)22(25)19-16-18(11-12-21(19)28-3)29(26,27)24-15-13-17-9-7-8-10-20(17)24/h7-12,16H,4-6,13-15H2,1-3H3. The van der Waals surface area contributed by atoms with Crippen molar-refractivity contribution >= 4 is 21.6 Å². The van der Waals surface area contributed by atoms with Crippen LogP contribution in [0.4, 0.5) is 5.69 Å². The van der Waals surface area contributed by atoms with Gasteiger partial charge >= 0.3 is 0 Å². The first kappa shape index (κ1) is 21.2. The van der Waals surface area contributed by atoms with Crippen LogP contribution < -0.4 is 9.04 Å². The van der Waals surface area contributed by atoms with E-state index in [1.165, 1.54) is 23.5 Å². The Hall–Kier alpha value is -2.54. The molecular formula is C22H28N2O4S. The minimum Gasteiger partial charge on any atom is -0.496 e. The minimum absolute atomic E-state index is 0.102. The Balaban J connectivity index is 1.99. The predicted octanol–water partition coefficient (Wildman–Crippen LogP) is 3.71. The quantitative estimate of drug-likeness (QED) is 0.658. The molecule has 29 heavy (non-hydrogen) atoms. The number of fused-ring (bicyclic) bond motifs is 1. The molecule has 0 saturated carbocycles. The Morgan fingerprint density at radius 1 is 1.17 bits per heavy atom. The highest BCUT2D eigenvalue weighted by Crippen LogP contribution is 2.34. The summed E-state index contributed by atoms with van der Waals surface area (Å²) in [6.45, 7) is 5.57. The average molecular weight is 417 g/mol. The number of hydrogen-bond acceptors (Lipinski definition) is 4. The number of amides is 1.